The Morgan fingerprint density at radius 3 is 2.15 bits per heavy atom. The number of piperidine rings is 1. The van der Waals surface area contributed by atoms with E-state index in [9.17, 15) is 31.1 Å². The average Bonchev–Trinajstić information content (AvgIpc) is 3.16. The highest BCUT2D eigenvalue weighted by Crippen LogP contribution is 2.39. The molecule has 0 bridgehead atoms. The van der Waals surface area contributed by atoms with E-state index < -0.39 is 30.0 Å². The van der Waals surface area contributed by atoms with E-state index in [0.717, 1.165) is 23.1 Å². The highest BCUT2D eigenvalue weighted by Gasteiger charge is 2.37. The molecule has 2 aromatic heterocycles. The van der Waals surface area contributed by atoms with Gasteiger partial charge in [-0.1, -0.05) is 38.1 Å². The molecule has 0 radical (unpaired) electrons. The van der Waals surface area contributed by atoms with Crippen LogP contribution in [0.4, 0.5) is 38.0 Å². The molecule has 1 aliphatic heterocycles. The summed E-state index contributed by atoms with van der Waals surface area (Å²) in [5.74, 6) is 0.337. The van der Waals surface area contributed by atoms with Gasteiger partial charge in [0, 0.05) is 37.1 Å². The summed E-state index contributed by atoms with van der Waals surface area (Å²) in [6.07, 6.45) is -5.75. The largest absolute Gasteiger partial charge is 0.496 e. The Balaban J connectivity index is 1.44. The maximum Gasteiger partial charge on any atom is 0.416 e. The minimum Gasteiger partial charge on any atom is -0.496 e. The van der Waals surface area contributed by atoms with Crippen molar-refractivity contribution in [1.82, 2.24) is 15.0 Å². The average molecular weight is 766 g/mol. The zero-order valence-corrected chi connectivity index (χ0v) is 30.8. The predicted octanol–water partition coefficient (Wildman–Crippen LogP) is 9.85. The van der Waals surface area contributed by atoms with E-state index in [1.807, 2.05) is 53.4 Å². The predicted molar refractivity (Wildman–Crippen MR) is 198 cm³/mol. The second-order valence-electron chi connectivity index (χ2n) is 13.8. The van der Waals surface area contributed by atoms with E-state index in [1.54, 1.807) is 31.3 Å². The van der Waals surface area contributed by atoms with Crippen molar-refractivity contribution >= 4 is 28.5 Å². The molecule has 0 aliphatic carbocycles. The number of hydrogen-bond acceptors (Lipinski definition) is 8. The molecular formula is C41H41F6N5O3. The number of benzene rings is 3. The number of pyridine rings is 1. The highest BCUT2D eigenvalue weighted by molar-refractivity contribution is 5.85. The van der Waals surface area contributed by atoms with Crippen LogP contribution in [-0.2, 0) is 35.0 Å². The molecule has 6 rings (SSSR count). The lowest BCUT2D eigenvalue weighted by molar-refractivity contribution is -0.148. The number of esters is 1. The van der Waals surface area contributed by atoms with E-state index in [2.05, 4.69) is 23.8 Å². The molecule has 1 aliphatic rings. The number of para-hydroxylation sites is 1. The molecule has 1 fully saturated rings. The van der Waals surface area contributed by atoms with Gasteiger partial charge in [0.15, 0.2) is 0 Å². The van der Waals surface area contributed by atoms with Gasteiger partial charge in [-0.2, -0.15) is 26.3 Å². The normalized spacial score (nSPS) is 14.1. The first-order chi connectivity index (χ1) is 26.1. The summed E-state index contributed by atoms with van der Waals surface area (Å²) in [6, 6.07) is 16.7. The third-order valence-corrected chi connectivity index (χ3v) is 9.72. The van der Waals surface area contributed by atoms with Gasteiger partial charge in [0.05, 0.1) is 60.1 Å². The summed E-state index contributed by atoms with van der Waals surface area (Å²) in [5, 5.41) is 0.779. The Bertz CT molecular complexity index is 2100. The number of anilines is 2. The summed E-state index contributed by atoms with van der Waals surface area (Å²) < 4.78 is 94.7. The van der Waals surface area contributed by atoms with Crippen molar-refractivity contribution in [1.29, 1.82) is 0 Å². The maximum atomic E-state index is 14.0. The molecule has 3 heterocycles. The van der Waals surface area contributed by atoms with Gasteiger partial charge in [0.2, 0.25) is 5.95 Å². The molecule has 0 atom stereocenters. The third kappa shape index (κ3) is 9.12. The first-order valence-electron chi connectivity index (χ1n) is 18.0. The van der Waals surface area contributed by atoms with Crippen LogP contribution >= 0.6 is 0 Å². The quantitative estimate of drug-likeness (QED) is 0.0972. The van der Waals surface area contributed by atoms with Gasteiger partial charge >= 0.3 is 18.3 Å². The van der Waals surface area contributed by atoms with Crippen LogP contribution < -0.4 is 14.5 Å². The second kappa shape index (κ2) is 16.1. The molecule has 8 nitrogen and oxygen atoms in total. The Morgan fingerprint density at radius 2 is 1.55 bits per heavy atom. The van der Waals surface area contributed by atoms with Crippen LogP contribution in [0.5, 0.6) is 5.75 Å². The van der Waals surface area contributed by atoms with Gasteiger partial charge < -0.3 is 19.3 Å². The first kappa shape index (κ1) is 39.3. The fourth-order valence-corrected chi connectivity index (χ4v) is 6.79. The minimum absolute atomic E-state index is 0.0376. The first-order valence-corrected chi connectivity index (χ1v) is 18.0. The molecule has 290 valence electrons. The Kier molecular flexibility index (Phi) is 11.5. The van der Waals surface area contributed by atoms with Crippen LogP contribution in [0.15, 0.2) is 79.1 Å². The lowest BCUT2D eigenvalue weighted by Crippen LogP contribution is -2.37. The summed E-state index contributed by atoms with van der Waals surface area (Å²) in [4.78, 5) is 30.1. The van der Waals surface area contributed by atoms with E-state index >= 15 is 0 Å². The van der Waals surface area contributed by atoms with E-state index in [4.69, 9.17) is 14.5 Å². The van der Waals surface area contributed by atoms with Crippen LogP contribution in [0.25, 0.3) is 22.2 Å². The van der Waals surface area contributed by atoms with Crippen LogP contribution in [0.3, 0.4) is 0 Å². The number of halogens is 6. The standard InChI is InChI=1S/C41H41F6N5O3/c1-5-55-38(53)27-12-14-51(15-13-27)33-21-48-39(49-22-33)52(23-26-16-31(40(42,43)44)20-32(17-26)41(45,46)47)24-30-18-29-8-6-7-9-35(29)50-37(30)34-19-28(25(2)3)10-11-36(34)54-4/h6-11,16-22,25,27H,5,12-15,23-24H2,1-4H3. The molecule has 1 saturated heterocycles. The number of ether oxygens (including phenoxy) is 2. The second-order valence-corrected chi connectivity index (χ2v) is 13.8. The van der Waals surface area contributed by atoms with E-state index in [0.29, 0.717) is 66.3 Å². The topological polar surface area (TPSA) is 80.7 Å². The SMILES string of the molecule is CCOC(=O)C1CCN(c2cnc(N(Cc3cc(C(F)(F)F)cc(C(F)(F)F)c3)Cc3cc4ccccc4nc3-c3cc(C(C)C)ccc3OC)nc2)CC1. The molecule has 0 unspecified atom stereocenters. The molecule has 5 aromatic rings. The summed E-state index contributed by atoms with van der Waals surface area (Å²) in [6.45, 7) is 6.82. The lowest BCUT2D eigenvalue weighted by atomic mass is 9.96. The molecule has 3 aromatic carbocycles. The number of carbonyl (C=O) groups is 1. The van der Waals surface area contributed by atoms with Crippen molar-refractivity contribution in [2.75, 3.05) is 36.6 Å². The number of methoxy groups -OCH3 is 1. The molecule has 55 heavy (non-hydrogen) atoms. The van der Waals surface area contributed by atoms with Crippen molar-refractivity contribution < 1.29 is 40.6 Å². The van der Waals surface area contributed by atoms with Crippen molar-refractivity contribution in [2.45, 2.75) is 65.0 Å². The van der Waals surface area contributed by atoms with E-state index in [1.165, 1.54) is 0 Å². The number of aromatic nitrogens is 3. The Hall–Kier alpha value is -5.40. The van der Waals surface area contributed by atoms with Gasteiger partial charge in [-0.15, -0.1) is 0 Å². The molecule has 0 amide bonds. The van der Waals surface area contributed by atoms with Crippen LogP contribution in [0.2, 0.25) is 0 Å². The maximum absolute atomic E-state index is 14.0. The summed E-state index contributed by atoms with van der Waals surface area (Å²) in [7, 11) is 1.54. The molecule has 0 saturated carbocycles. The molecule has 14 heteroatoms. The number of fused-ring (bicyclic) bond motifs is 1. The van der Waals surface area contributed by atoms with Crippen molar-refractivity contribution in [2.24, 2.45) is 5.92 Å². The van der Waals surface area contributed by atoms with E-state index in [-0.39, 0.29) is 41.9 Å². The van der Waals surface area contributed by atoms with Crippen molar-refractivity contribution in [3.05, 3.63) is 107 Å². The van der Waals surface area contributed by atoms with Crippen LogP contribution in [0.1, 0.15) is 67.3 Å². The van der Waals surface area contributed by atoms with Gasteiger partial charge in [0.25, 0.3) is 0 Å². The lowest BCUT2D eigenvalue weighted by Gasteiger charge is -2.32. The number of hydrogen-bond donors (Lipinski definition) is 0. The third-order valence-electron chi connectivity index (χ3n) is 9.72. The fraction of sp³-hybridized carbons (Fsp3) is 0.366. The number of rotatable bonds is 11. The van der Waals surface area contributed by atoms with Gasteiger partial charge in [0.1, 0.15) is 5.75 Å². The van der Waals surface area contributed by atoms with Gasteiger partial charge in [-0.3, -0.25) is 4.79 Å². The van der Waals surface area contributed by atoms with Crippen LogP contribution in [-0.4, -0.2) is 47.7 Å². The number of nitrogens with zero attached hydrogens (tertiary/aromatic N) is 5. The monoisotopic (exact) mass is 765 g/mol. The molecule has 0 N–H and O–H groups in total. The summed E-state index contributed by atoms with van der Waals surface area (Å²) >= 11 is 0. The fourth-order valence-electron chi connectivity index (χ4n) is 6.79. The Morgan fingerprint density at radius 1 is 0.891 bits per heavy atom. The highest BCUT2D eigenvalue weighted by atomic mass is 19.4. The smallest absolute Gasteiger partial charge is 0.416 e. The Labute approximate surface area is 315 Å². The number of alkyl halides is 6. The minimum atomic E-state index is -5.02. The van der Waals surface area contributed by atoms with Gasteiger partial charge in [-0.05, 0) is 84.8 Å². The zero-order valence-electron chi connectivity index (χ0n) is 30.8. The molecular weight excluding hydrogens is 724 g/mol. The van der Waals surface area contributed by atoms with Crippen LogP contribution in [0, 0.1) is 5.92 Å². The number of carbonyl (C=O) groups excluding carboxylic acids is 1. The summed E-state index contributed by atoms with van der Waals surface area (Å²) in [5.41, 5.74) is 1.13. The van der Waals surface area contributed by atoms with Crippen molar-refractivity contribution in [3.8, 4) is 17.0 Å². The zero-order chi connectivity index (χ0) is 39.5. The molecule has 0 spiro atoms. The van der Waals surface area contributed by atoms with Crippen molar-refractivity contribution in [3.63, 3.8) is 0 Å². The van der Waals surface area contributed by atoms with Gasteiger partial charge in [-0.25, -0.2) is 15.0 Å².